The second-order valence-corrected chi connectivity index (χ2v) is 9.54. The number of rotatable bonds is 8. The van der Waals surface area contributed by atoms with Crippen molar-refractivity contribution in [3.63, 3.8) is 0 Å². The molecule has 35 heavy (non-hydrogen) atoms. The lowest BCUT2D eigenvalue weighted by Gasteiger charge is -2.23. The van der Waals surface area contributed by atoms with Gasteiger partial charge in [0, 0.05) is 42.6 Å². The van der Waals surface area contributed by atoms with Crippen molar-refractivity contribution in [1.29, 1.82) is 0 Å². The maximum absolute atomic E-state index is 13.7. The van der Waals surface area contributed by atoms with Crippen molar-refractivity contribution in [1.82, 2.24) is 18.8 Å². The van der Waals surface area contributed by atoms with Gasteiger partial charge in [-0.05, 0) is 44.2 Å². The molecule has 0 aliphatic carbocycles. The van der Waals surface area contributed by atoms with Gasteiger partial charge < -0.3 is 14.7 Å². The van der Waals surface area contributed by atoms with Crippen molar-refractivity contribution in [3.05, 3.63) is 83.9 Å². The number of aromatic nitrogens is 3. The van der Waals surface area contributed by atoms with E-state index >= 15 is 0 Å². The average Bonchev–Trinajstić information content (AvgIpc) is 3.29. The third kappa shape index (κ3) is 4.26. The van der Waals surface area contributed by atoms with E-state index in [0.717, 1.165) is 3.97 Å². The number of hydrogen-bond donors (Lipinski definition) is 1. The van der Waals surface area contributed by atoms with Crippen LogP contribution in [-0.4, -0.2) is 58.5 Å². The number of para-hydroxylation sites is 1. The Hall–Kier alpha value is -3.76. The molecule has 1 amide bonds. The maximum Gasteiger partial charge on any atom is 0.270 e. The van der Waals surface area contributed by atoms with Crippen LogP contribution in [0.2, 0.25) is 0 Å². The van der Waals surface area contributed by atoms with E-state index < -0.39 is 16.1 Å². The number of hydrogen-bond acceptors (Lipinski definition) is 7. The Bertz CT molecular complexity index is 1460. The van der Waals surface area contributed by atoms with Gasteiger partial charge in [-0.25, -0.2) is 17.4 Å². The molecule has 0 bridgehead atoms. The number of carbonyl (C=O) groups is 1. The summed E-state index contributed by atoms with van der Waals surface area (Å²) in [5.41, 5.74) is 0.751. The second-order valence-electron chi connectivity index (χ2n) is 7.75. The Morgan fingerprint density at radius 2 is 1.86 bits per heavy atom. The van der Waals surface area contributed by atoms with Gasteiger partial charge in [0.05, 0.1) is 18.3 Å². The molecule has 0 aliphatic rings. The predicted octanol–water partition coefficient (Wildman–Crippen LogP) is 3.24. The molecule has 0 saturated heterocycles. The summed E-state index contributed by atoms with van der Waals surface area (Å²) in [5.74, 6) is -0.317. The minimum Gasteiger partial charge on any atom is -0.480 e. The lowest BCUT2D eigenvalue weighted by Crippen LogP contribution is -2.32. The van der Waals surface area contributed by atoms with Crippen LogP contribution < -0.4 is 4.74 Å². The predicted molar refractivity (Wildman–Crippen MR) is 131 cm³/mol. The number of carbonyl (C=O) groups excluding carboxylic acids is 1. The highest BCUT2D eigenvalue weighted by molar-refractivity contribution is 7.90. The Balaban J connectivity index is 1.98. The van der Waals surface area contributed by atoms with Gasteiger partial charge in [0.2, 0.25) is 5.88 Å². The van der Waals surface area contributed by atoms with Gasteiger partial charge >= 0.3 is 0 Å². The average molecular weight is 495 g/mol. The van der Waals surface area contributed by atoms with Crippen LogP contribution in [0, 0.1) is 0 Å². The van der Waals surface area contributed by atoms with E-state index in [-0.39, 0.29) is 33.5 Å². The first-order valence-corrected chi connectivity index (χ1v) is 12.5. The number of amides is 1. The van der Waals surface area contributed by atoms with Gasteiger partial charge in [-0.2, -0.15) is 0 Å². The van der Waals surface area contributed by atoms with Crippen LogP contribution in [0.4, 0.5) is 0 Å². The molecular weight excluding hydrogens is 468 g/mol. The zero-order valence-electron chi connectivity index (χ0n) is 19.6. The van der Waals surface area contributed by atoms with Crippen LogP contribution in [-0.2, 0) is 10.0 Å². The smallest absolute Gasteiger partial charge is 0.270 e. The van der Waals surface area contributed by atoms with Gasteiger partial charge in [0.1, 0.15) is 16.6 Å². The fourth-order valence-electron chi connectivity index (χ4n) is 4.10. The molecule has 3 heterocycles. The number of fused-ring (bicyclic) bond motifs is 1. The molecule has 4 aromatic rings. The molecule has 10 heteroatoms. The SMILES string of the molecule is CCN(CC)C(=O)c1c(C(O)c2cc3ccccc3n2S(=O)(=O)c2cccnc2)ccnc1OC. The third-order valence-electron chi connectivity index (χ3n) is 5.85. The van der Waals surface area contributed by atoms with Gasteiger partial charge in [-0.1, -0.05) is 18.2 Å². The molecule has 0 aliphatic heterocycles. The number of aliphatic hydroxyl groups is 1. The zero-order chi connectivity index (χ0) is 25.2. The highest BCUT2D eigenvalue weighted by atomic mass is 32.2. The van der Waals surface area contributed by atoms with Crippen LogP contribution in [0.1, 0.15) is 41.6 Å². The molecule has 1 aromatic carbocycles. The molecule has 9 nitrogen and oxygen atoms in total. The molecule has 1 unspecified atom stereocenters. The van der Waals surface area contributed by atoms with E-state index in [4.69, 9.17) is 4.74 Å². The number of nitrogens with zero attached hydrogens (tertiary/aromatic N) is 4. The first kappa shape index (κ1) is 24.4. The quantitative estimate of drug-likeness (QED) is 0.400. The van der Waals surface area contributed by atoms with Gasteiger partial charge in [-0.3, -0.25) is 9.78 Å². The zero-order valence-corrected chi connectivity index (χ0v) is 20.4. The summed E-state index contributed by atoms with van der Waals surface area (Å²) in [5, 5.41) is 12.2. The van der Waals surface area contributed by atoms with Crippen LogP contribution in [0.3, 0.4) is 0 Å². The van der Waals surface area contributed by atoms with Gasteiger partial charge in [0.15, 0.2) is 0 Å². The molecule has 182 valence electrons. The van der Waals surface area contributed by atoms with Crippen molar-refractivity contribution < 1.29 is 23.1 Å². The topological polar surface area (TPSA) is 115 Å². The highest BCUT2D eigenvalue weighted by Crippen LogP contribution is 2.35. The fourth-order valence-corrected chi connectivity index (χ4v) is 5.61. The standard InChI is InChI=1S/C25H26N4O5S/c1-4-28(5-2)25(31)22-19(12-14-27-24(22)34-3)23(30)21-15-17-9-6-7-11-20(17)29(21)35(32,33)18-10-8-13-26-16-18/h6-16,23,30H,4-5H2,1-3H3. The molecule has 3 aromatic heterocycles. The minimum atomic E-state index is -4.13. The molecule has 1 atom stereocenters. The van der Waals surface area contributed by atoms with Gasteiger partial charge in [0.25, 0.3) is 15.9 Å². The molecule has 1 N–H and O–H groups in total. The van der Waals surface area contributed by atoms with E-state index in [2.05, 4.69) is 9.97 Å². The largest absolute Gasteiger partial charge is 0.480 e. The summed E-state index contributed by atoms with van der Waals surface area (Å²) in [6.45, 7) is 4.58. The van der Waals surface area contributed by atoms with Crippen molar-refractivity contribution in [2.45, 2.75) is 24.8 Å². The summed E-state index contributed by atoms with van der Waals surface area (Å²) in [6.07, 6.45) is 2.68. The maximum atomic E-state index is 13.7. The number of methoxy groups -OCH3 is 1. The van der Waals surface area contributed by atoms with Crippen molar-refractivity contribution in [2.75, 3.05) is 20.2 Å². The summed E-state index contributed by atoms with van der Waals surface area (Å²) in [6, 6.07) is 13.0. The summed E-state index contributed by atoms with van der Waals surface area (Å²) in [7, 11) is -2.74. The number of ether oxygens (including phenoxy) is 1. The summed E-state index contributed by atoms with van der Waals surface area (Å²) < 4.78 is 33.9. The number of aliphatic hydroxyl groups excluding tert-OH is 1. The Morgan fingerprint density at radius 3 is 2.51 bits per heavy atom. The molecule has 0 fully saturated rings. The Labute approximate surface area is 203 Å². The van der Waals surface area contributed by atoms with Crippen LogP contribution >= 0.6 is 0 Å². The second kappa shape index (κ2) is 9.85. The van der Waals surface area contributed by atoms with Crippen LogP contribution in [0.5, 0.6) is 5.88 Å². The molecule has 0 saturated carbocycles. The van der Waals surface area contributed by atoms with Crippen molar-refractivity contribution in [3.8, 4) is 5.88 Å². The van der Waals surface area contributed by atoms with Gasteiger partial charge in [-0.15, -0.1) is 0 Å². The van der Waals surface area contributed by atoms with Crippen LogP contribution in [0.15, 0.2) is 72.0 Å². The summed E-state index contributed by atoms with van der Waals surface area (Å²) in [4.78, 5) is 23.0. The fraction of sp³-hybridized carbons (Fsp3) is 0.240. The van der Waals surface area contributed by atoms with Crippen LogP contribution in [0.25, 0.3) is 10.9 Å². The Morgan fingerprint density at radius 1 is 1.11 bits per heavy atom. The van der Waals surface area contributed by atoms with E-state index in [1.807, 2.05) is 13.8 Å². The first-order valence-electron chi connectivity index (χ1n) is 11.1. The van der Waals surface area contributed by atoms with E-state index in [1.165, 1.54) is 43.9 Å². The highest BCUT2D eigenvalue weighted by Gasteiger charge is 2.31. The number of pyridine rings is 2. The molecule has 4 rings (SSSR count). The lowest BCUT2D eigenvalue weighted by molar-refractivity contribution is 0.0763. The molecule has 0 spiro atoms. The normalized spacial score (nSPS) is 12.5. The summed E-state index contributed by atoms with van der Waals surface area (Å²) >= 11 is 0. The van der Waals surface area contributed by atoms with Crippen molar-refractivity contribution in [2.24, 2.45) is 0 Å². The monoisotopic (exact) mass is 494 g/mol. The molecular formula is C25H26N4O5S. The Kier molecular flexibility index (Phi) is 6.86. The van der Waals surface area contributed by atoms with E-state index in [0.29, 0.717) is 24.0 Å². The third-order valence-corrected chi connectivity index (χ3v) is 7.57. The minimum absolute atomic E-state index is 0.0263. The van der Waals surface area contributed by atoms with E-state index in [1.54, 1.807) is 35.2 Å². The number of benzene rings is 1. The van der Waals surface area contributed by atoms with Crippen molar-refractivity contribution >= 4 is 26.8 Å². The molecule has 0 radical (unpaired) electrons. The first-order chi connectivity index (χ1) is 16.8. The van der Waals surface area contributed by atoms with E-state index in [9.17, 15) is 18.3 Å². The lowest BCUT2D eigenvalue weighted by atomic mass is 10.0.